The Bertz CT molecular complexity index is 698. The third-order valence-electron chi connectivity index (χ3n) is 4.86. The Morgan fingerprint density at radius 1 is 1.43 bits per heavy atom. The zero-order chi connectivity index (χ0) is 14.4. The predicted octanol–water partition coefficient (Wildman–Crippen LogP) is 2.77. The van der Waals surface area contributed by atoms with Gasteiger partial charge in [0.25, 0.3) is 0 Å². The fourth-order valence-corrected chi connectivity index (χ4v) is 4.21. The maximum atomic E-state index is 12.3. The van der Waals surface area contributed by atoms with Crippen molar-refractivity contribution < 1.29 is 4.79 Å². The molecule has 2 N–H and O–H groups in total. The fourth-order valence-electron chi connectivity index (χ4n) is 3.88. The molecule has 2 aromatic heterocycles. The lowest BCUT2D eigenvalue weighted by Gasteiger charge is -2.20. The Morgan fingerprint density at radius 2 is 2.33 bits per heavy atom. The van der Waals surface area contributed by atoms with Crippen LogP contribution in [0.4, 0.5) is 0 Å². The van der Waals surface area contributed by atoms with E-state index >= 15 is 0 Å². The van der Waals surface area contributed by atoms with E-state index in [-0.39, 0.29) is 11.8 Å². The molecule has 0 unspecified atom stereocenters. The minimum atomic E-state index is 0.191. The summed E-state index contributed by atoms with van der Waals surface area (Å²) in [6.07, 6.45) is 6.59. The van der Waals surface area contributed by atoms with Gasteiger partial charge in [-0.2, -0.15) is 0 Å². The molecule has 3 atom stereocenters. The first-order valence-corrected chi connectivity index (χ1v) is 8.26. The molecule has 2 heterocycles. The molecule has 4 rings (SSSR count). The standard InChI is InChI=1S/C15H17BrN4O/c16-10-5-12-14(17-6-10)20-13(19-12)7-18-15(21)11-4-8-1-2-9(11)3-8/h5-6,8-9,11H,1-4,7H2,(H,18,21)(H,17,19,20)/t8-,9-,11+/m0/s1. The molecule has 0 saturated heterocycles. The molecule has 5 nitrogen and oxygen atoms in total. The number of carbonyl (C=O) groups excluding carboxylic acids is 1. The molecule has 2 fully saturated rings. The number of carbonyl (C=O) groups is 1. The highest BCUT2D eigenvalue weighted by Gasteiger charge is 2.42. The quantitative estimate of drug-likeness (QED) is 0.895. The second-order valence-electron chi connectivity index (χ2n) is 6.21. The van der Waals surface area contributed by atoms with Gasteiger partial charge in [-0.05, 0) is 53.1 Å². The molecule has 2 saturated carbocycles. The third-order valence-corrected chi connectivity index (χ3v) is 5.29. The molecule has 1 amide bonds. The zero-order valence-electron chi connectivity index (χ0n) is 11.6. The molecule has 2 aromatic rings. The molecule has 0 aliphatic heterocycles. The largest absolute Gasteiger partial charge is 0.349 e. The van der Waals surface area contributed by atoms with Crippen molar-refractivity contribution in [1.29, 1.82) is 0 Å². The van der Waals surface area contributed by atoms with Gasteiger partial charge in [0.1, 0.15) is 5.82 Å². The van der Waals surface area contributed by atoms with Gasteiger partial charge in [-0.3, -0.25) is 4.79 Å². The summed E-state index contributed by atoms with van der Waals surface area (Å²) in [4.78, 5) is 24.1. The van der Waals surface area contributed by atoms with Crippen molar-refractivity contribution in [3.8, 4) is 0 Å². The van der Waals surface area contributed by atoms with Crippen LogP contribution in [0.1, 0.15) is 31.5 Å². The number of aromatic nitrogens is 3. The van der Waals surface area contributed by atoms with Gasteiger partial charge in [-0.1, -0.05) is 6.42 Å². The zero-order valence-corrected chi connectivity index (χ0v) is 13.2. The molecule has 6 heteroatoms. The van der Waals surface area contributed by atoms with Gasteiger partial charge < -0.3 is 10.3 Å². The number of nitrogens with zero attached hydrogens (tertiary/aromatic N) is 2. The van der Waals surface area contributed by atoms with Crippen LogP contribution in [0.25, 0.3) is 11.2 Å². The summed E-state index contributed by atoms with van der Waals surface area (Å²) < 4.78 is 0.913. The summed E-state index contributed by atoms with van der Waals surface area (Å²) in [5.41, 5.74) is 1.57. The van der Waals surface area contributed by atoms with Gasteiger partial charge in [-0.25, -0.2) is 9.97 Å². The van der Waals surface area contributed by atoms with Crippen molar-refractivity contribution in [3.63, 3.8) is 0 Å². The van der Waals surface area contributed by atoms with Crippen molar-refractivity contribution in [1.82, 2.24) is 20.3 Å². The van der Waals surface area contributed by atoms with E-state index in [1.54, 1.807) is 6.20 Å². The smallest absolute Gasteiger partial charge is 0.223 e. The van der Waals surface area contributed by atoms with Crippen molar-refractivity contribution in [2.45, 2.75) is 32.2 Å². The highest BCUT2D eigenvalue weighted by atomic mass is 79.9. The topological polar surface area (TPSA) is 70.7 Å². The van der Waals surface area contributed by atoms with Gasteiger partial charge >= 0.3 is 0 Å². The van der Waals surface area contributed by atoms with Crippen molar-refractivity contribution >= 4 is 33.0 Å². The van der Waals surface area contributed by atoms with Crippen LogP contribution in [-0.4, -0.2) is 20.9 Å². The fraction of sp³-hybridized carbons (Fsp3) is 0.533. The SMILES string of the molecule is O=C(NCc1nc2ncc(Br)cc2[nH]1)[C@@H]1C[C@H]2CC[C@H]1C2. The van der Waals surface area contributed by atoms with E-state index in [0.29, 0.717) is 18.1 Å². The van der Waals surface area contributed by atoms with Crippen LogP contribution in [0.15, 0.2) is 16.7 Å². The van der Waals surface area contributed by atoms with E-state index in [9.17, 15) is 4.79 Å². The average Bonchev–Trinajstić information content (AvgIpc) is 3.18. The molecule has 2 aliphatic rings. The molecule has 2 bridgehead atoms. The maximum Gasteiger partial charge on any atom is 0.223 e. The molecule has 2 aliphatic carbocycles. The first-order chi connectivity index (χ1) is 10.2. The summed E-state index contributed by atoms with van der Waals surface area (Å²) in [6.45, 7) is 0.445. The summed E-state index contributed by atoms with van der Waals surface area (Å²) >= 11 is 3.39. The minimum absolute atomic E-state index is 0.191. The number of fused-ring (bicyclic) bond motifs is 3. The van der Waals surface area contributed by atoms with Crippen molar-refractivity contribution in [3.05, 3.63) is 22.6 Å². The van der Waals surface area contributed by atoms with Crippen LogP contribution >= 0.6 is 15.9 Å². The van der Waals surface area contributed by atoms with Gasteiger partial charge in [0.15, 0.2) is 5.65 Å². The Balaban J connectivity index is 1.42. The summed E-state index contributed by atoms with van der Waals surface area (Å²) in [5, 5.41) is 3.03. The highest BCUT2D eigenvalue weighted by Crippen LogP contribution is 2.48. The van der Waals surface area contributed by atoms with Crippen LogP contribution in [-0.2, 0) is 11.3 Å². The van der Waals surface area contributed by atoms with E-state index in [2.05, 4.69) is 36.2 Å². The van der Waals surface area contributed by atoms with Crippen molar-refractivity contribution in [2.24, 2.45) is 17.8 Å². The minimum Gasteiger partial charge on any atom is -0.349 e. The van der Waals surface area contributed by atoms with Gasteiger partial charge in [0, 0.05) is 16.6 Å². The lowest BCUT2D eigenvalue weighted by Crippen LogP contribution is -2.33. The predicted molar refractivity (Wildman–Crippen MR) is 82.4 cm³/mol. The molecule has 110 valence electrons. The summed E-state index contributed by atoms with van der Waals surface area (Å²) in [6, 6.07) is 1.94. The molecule has 21 heavy (non-hydrogen) atoms. The number of aromatic amines is 1. The molecular weight excluding hydrogens is 332 g/mol. The number of halogens is 1. The van der Waals surface area contributed by atoms with E-state index < -0.39 is 0 Å². The molecule has 0 aromatic carbocycles. The normalized spacial score (nSPS) is 27.4. The number of hydrogen-bond acceptors (Lipinski definition) is 3. The van der Waals surface area contributed by atoms with Crippen LogP contribution < -0.4 is 5.32 Å². The number of amides is 1. The second kappa shape index (κ2) is 5.09. The summed E-state index contributed by atoms with van der Waals surface area (Å²) in [5.74, 6) is 2.58. The number of pyridine rings is 1. The average molecular weight is 349 g/mol. The van der Waals surface area contributed by atoms with Crippen LogP contribution in [0.2, 0.25) is 0 Å². The maximum absolute atomic E-state index is 12.3. The number of nitrogens with one attached hydrogen (secondary N) is 2. The molecule has 0 radical (unpaired) electrons. The third kappa shape index (κ3) is 2.46. The van der Waals surface area contributed by atoms with Crippen LogP contribution in [0.5, 0.6) is 0 Å². The Kier molecular flexibility index (Phi) is 3.21. The van der Waals surface area contributed by atoms with E-state index in [1.165, 1.54) is 19.3 Å². The highest BCUT2D eigenvalue weighted by molar-refractivity contribution is 9.10. The number of H-pyrrole nitrogens is 1. The first-order valence-electron chi connectivity index (χ1n) is 7.47. The van der Waals surface area contributed by atoms with Crippen LogP contribution in [0.3, 0.4) is 0 Å². The lowest BCUT2D eigenvalue weighted by molar-refractivity contribution is -0.126. The Hall–Kier alpha value is -1.43. The molecule has 0 spiro atoms. The van der Waals surface area contributed by atoms with E-state index in [4.69, 9.17) is 0 Å². The van der Waals surface area contributed by atoms with E-state index in [1.807, 2.05) is 6.07 Å². The summed E-state index contributed by atoms with van der Waals surface area (Å²) in [7, 11) is 0. The molecular formula is C15H17BrN4O. The lowest BCUT2D eigenvalue weighted by atomic mass is 9.88. The second-order valence-corrected chi connectivity index (χ2v) is 7.12. The number of rotatable bonds is 3. The van der Waals surface area contributed by atoms with Gasteiger partial charge in [-0.15, -0.1) is 0 Å². The Labute approximate surface area is 131 Å². The van der Waals surface area contributed by atoms with Crippen molar-refractivity contribution in [2.75, 3.05) is 0 Å². The monoisotopic (exact) mass is 348 g/mol. The number of hydrogen-bond donors (Lipinski definition) is 2. The first kappa shape index (κ1) is 13.2. The van der Waals surface area contributed by atoms with Gasteiger partial charge in [0.05, 0.1) is 12.1 Å². The Morgan fingerprint density at radius 3 is 3.10 bits per heavy atom. The number of imidazole rings is 1. The van der Waals surface area contributed by atoms with Crippen LogP contribution in [0, 0.1) is 17.8 Å². The van der Waals surface area contributed by atoms with E-state index in [0.717, 1.165) is 28.2 Å². The van der Waals surface area contributed by atoms with Gasteiger partial charge in [0.2, 0.25) is 5.91 Å².